The third-order valence-corrected chi connectivity index (χ3v) is 4.47. The first-order valence-electron chi connectivity index (χ1n) is 7.86. The van der Waals surface area contributed by atoms with Crippen molar-refractivity contribution in [1.29, 1.82) is 0 Å². The number of carbonyl (C=O) groups excluding carboxylic acids is 1. The summed E-state index contributed by atoms with van der Waals surface area (Å²) >= 11 is 0. The fourth-order valence-corrected chi connectivity index (χ4v) is 3.19. The minimum absolute atomic E-state index is 0.0271. The summed E-state index contributed by atoms with van der Waals surface area (Å²) in [5.74, 6) is 0.0271. The molecule has 1 aromatic rings. The van der Waals surface area contributed by atoms with Gasteiger partial charge in [-0.15, -0.1) is 0 Å². The predicted octanol–water partition coefficient (Wildman–Crippen LogP) is 1.06. The highest BCUT2D eigenvalue weighted by Crippen LogP contribution is 2.18. The van der Waals surface area contributed by atoms with Gasteiger partial charge in [0.1, 0.15) is 5.69 Å². The van der Waals surface area contributed by atoms with Crippen LogP contribution in [-0.2, 0) is 4.74 Å². The molecule has 1 amide bonds. The lowest BCUT2D eigenvalue weighted by Crippen LogP contribution is -2.43. The number of aromatic nitrogens is 2. The van der Waals surface area contributed by atoms with E-state index in [-0.39, 0.29) is 12.0 Å². The Kier molecular flexibility index (Phi) is 4.55. The van der Waals surface area contributed by atoms with Gasteiger partial charge in [0.2, 0.25) is 0 Å². The zero-order valence-electron chi connectivity index (χ0n) is 12.6. The highest BCUT2D eigenvalue weighted by atomic mass is 16.5. The van der Waals surface area contributed by atoms with Gasteiger partial charge in [-0.3, -0.25) is 9.48 Å². The summed E-state index contributed by atoms with van der Waals surface area (Å²) in [6.45, 7) is 3.49. The number of ether oxygens (including phenoxy) is 1. The van der Waals surface area contributed by atoms with Crippen LogP contribution in [0.5, 0.6) is 0 Å². The van der Waals surface area contributed by atoms with E-state index >= 15 is 0 Å². The standard InChI is InChI=1S/C15H24N4O2/c1-21-13-5-3-8-18(11-13)15(20)14-6-9-19(17-14)12-4-2-7-16-10-12/h6,9,12-13,16H,2-5,7-8,10-11H2,1H3. The van der Waals surface area contributed by atoms with Gasteiger partial charge in [0.15, 0.2) is 0 Å². The van der Waals surface area contributed by atoms with Gasteiger partial charge in [0, 0.05) is 32.9 Å². The number of carbonyl (C=O) groups is 1. The van der Waals surface area contributed by atoms with Gasteiger partial charge in [0.25, 0.3) is 5.91 Å². The van der Waals surface area contributed by atoms with Crippen LogP contribution in [-0.4, -0.2) is 60.0 Å². The number of piperidine rings is 2. The highest BCUT2D eigenvalue weighted by molar-refractivity contribution is 5.92. The normalized spacial score (nSPS) is 26.8. The van der Waals surface area contributed by atoms with Gasteiger partial charge in [0.05, 0.1) is 12.1 Å². The van der Waals surface area contributed by atoms with Crippen molar-refractivity contribution in [3.05, 3.63) is 18.0 Å². The number of methoxy groups -OCH3 is 1. The summed E-state index contributed by atoms with van der Waals surface area (Å²) in [5, 5.41) is 7.88. The summed E-state index contributed by atoms with van der Waals surface area (Å²) in [5.41, 5.74) is 0.553. The number of rotatable bonds is 3. The van der Waals surface area contributed by atoms with Crippen molar-refractivity contribution >= 4 is 5.91 Å². The van der Waals surface area contributed by atoms with Crippen LogP contribution in [0.3, 0.4) is 0 Å². The molecule has 116 valence electrons. The largest absolute Gasteiger partial charge is 0.380 e. The molecular weight excluding hydrogens is 268 g/mol. The molecule has 1 aromatic heterocycles. The van der Waals surface area contributed by atoms with Gasteiger partial charge in [-0.1, -0.05) is 0 Å². The van der Waals surface area contributed by atoms with Crippen molar-refractivity contribution in [1.82, 2.24) is 20.0 Å². The van der Waals surface area contributed by atoms with Gasteiger partial charge in [-0.25, -0.2) is 0 Å². The molecule has 6 heteroatoms. The Balaban J connectivity index is 1.66. The molecule has 0 saturated carbocycles. The van der Waals surface area contributed by atoms with Crippen molar-refractivity contribution in [2.24, 2.45) is 0 Å². The van der Waals surface area contributed by atoms with Crippen LogP contribution >= 0.6 is 0 Å². The second-order valence-corrected chi connectivity index (χ2v) is 5.93. The Morgan fingerprint density at radius 3 is 3.10 bits per heavy atom. The summed E-state index contributed by atoms with van der Waals surface area (Å²) < 4.78 is 7.32. The second kappa shape index (κ2) is 6.58. The average molecular weight is 292 g/mol. The maximum atomic E-state index is 12.5. The lowest BCUT2D eigenvalue weighted by Gasteiger charge is -2.31. The molecule has 2 saturated heterocycles. The maximum Gasteiger partial charge on any atom is 0.274 e. The summed E-state index contributed by atoms with van der Waals surface area (Å²) in [4.78, 5) is 14.4. The zero-order chi connectivity index (χ0) is 14.7. The summed E-state index contributed by atoms with van der Waals surface area (Å²) in [7, 11) is 1.71. The highest BCUT2D eigenvalue weighted by Gasteiger charge is 2.26. The van der Waals surface area contributed by atoms with E-state index in [4.69, 9.17) is 4.74 Å². The molecule has 2 aliphatic heterocycles. The Bertz CT molecular complexity index is 482. The first kappa shape index (κ1) is 14.5. The van der Waals surface area contributed by atoms with Crippen molar-refractivity contribution in [2.75, 3.05) is 33.3 Å². The zero-order valence-corrected chi connectivity index (χ0v) is 12.6. The van der Waals surface area contributed by atoms with E-state index in [2.05, 4.69) is 10.4 Å². The third-order valence-electron chi connectivity index (χ3n) is 4.47. The lowest BCUT2D eigenvalue weighted by molar-refractivity contribution is 0.0265. The number of hydrogen-bond donors (Lipinski definition) is 1. The van der Waals surface area contributed by atoms with Crippen LogP contribution in [0.15, 0.2) is 12.3 Å². The number of amides is 1. The molecule has 0 aromatic carbocycles. The minimum atomic E-state index is 0.0271. The van der Waals surface area contributed by atoms with Gasteiger partial charge in [-0.2, -0.15) is 5.10 Å². The number of likely N-dealkylation sites (tertiary alicyclic amines) is 1. The predicted molar refractivity (Wildman–Crippen MR) is 79.3 cm³/mol. The van der Waals surface area contributed by atoms with E-state index in [1.54, 1.807) is 7.11 Å². The molecule has 0 aliphatic carbocycles. The number of nitrogens with one attached hydrogen (secondary N) is 1. The van der Waals surface area contributed by atoms with E-state index in [0.717, 1.165) is 45.3 Å². The minimum Gasteiger partial charge on any atom is -0.380 e. The molecule has 0 bridgehead atoms. The van der Waals surface area contributed by atoms with E-state index in [0.29, 0.717) is 18.3 Å². The first-order valence-corrected chi connectivity index (χ1v) is 7.86. The Morgan fingerprint density at radius 1 is 1.43 bits per heavy atom. The molecule has 2 atom stereocenters. The van der Waals surface area contributed by atoms with Crippen molar-refractivity contribution in [3.8, 4) is 0 Å². The van der Waals surface area contributed by atoms with Crippen LogP contribution < -0.4 is 5.32 Å². The number of hydrogen-bond acceptors (Lipinski definition) is 4. The third kappa shape index (κ3) is 3.27. The van der Waals surface area contributed by atoms with Gasteiger partial charge >= 0.3 is 0 Å². The number of nitrogens with zero attached hydrogens (tertiary/aromatic N) is 3. The summed E-state index contributed by atoms with van der Waals surface area (Å²) in [6.07, 6.45) is 6.41. The van der Waals surface area contributed by atoms with Crippen molar-refractivity contribution < 1.29 is 9.53 Å². The Hall–Kier alpha value is -1.40. The Morgan fingerprint density at radius 2 is 2.33 bits per heavy atom. The van der Waals surface area contributed by atoms with Crippen LogP contribution in [0.4, 0.5) is 0 Å². The van der Waals surface area contributed by atoms with E-state index in [1.807, 2.05) is 21.8 Å². The summed E-state index contributed by atoms with van der Waals surface area (Å²) in [6, 6.07) is 2.21. The van der Waals surface area contributed by atoms with Crippen LogP contribution in [0, 0.1) is 0 Å². The molecule has 3 rings (SSSR count). The molecule has 2 aliphatic rings. The van der Waals surface area contributed by atoms with Crippen molar-refractivity contribution in [3.63, 3.8) is 0 Å². The monoisotopic (exact) mass is 292 g/mol. The second-order valence-electron chi connectivity index (χ2n) is 5.93. The molecule has 0 spiro atoms. The molecule has 2 unspecified atom stereocenters. The molecule has 2 fully saturated rings. The van der Waals surface area contributed by atoms with Crippen LogP contribution in [0.1, 0.15) is 42.2 Å². The van der Waals surface area contributed by atoms with E-state index in [9.17, 15) is 4.79 Å². The molecule has 6 nitrogen and oxygen atoms in total. The van der Waals surface area contributed by atoms with Crippen LogP contribution in [0.25, 0.3) is 0 Å². The first-order chi connectivity index (χ1) is 10.3. The maximum absolute atomic E-state index is 12.5. The van der Waals surface area contributed by atoms with Gasteiger partial charge < -0.3 is 15.0 Å². The average Bonchev–Trinajstić information content (AvgIpc) is 3.05. The molecule has 0 radical (unpaired) electrons. The lowest BCUT2D eigenvalue weighted by atomic mass is 10.1. The molecule has 1 N–H and O–H groups in total. The van der Waals surface area contributed by atoms with Crippen molar-refractivity contribution in [2.45, 2.75) is 37.8 Å². The quantitative estimate of drug-likeness (QED) is 0.905. The molecule has 21 heavy (non-hydrogen) atoms. The van der Waals surface area contributed by atoms with E-state index < -0.39 is 0 Å². The van der Waals surface area contributed by atoms with Crippen LogP contribution in [0.2, 0.25) is 0 Å². The smallest absolute Gasteiger partial charge is 0.274 e. The SMILES string of the molecule is COC1CCCN(C(=O)c2ccn(C3CCCNC3)n2)C1. The topological polar surface area (TPSA) is 59.4 Å². The Labute approximate surface area is 125 Å². The fourth-order valence-electron chi connectivity index (χ4n) is 3.19. The molecule has 3 heterocycles. The molecular formula is C15H24N4O2. The fraction of sp³-hybridized carbons (Fsp3) is 0.733. The van der Waals surface area contributed by atoms with E-state index in [1.165, 1.54) is 0 Å². The van der Waals surface area contributed by atoms with Gasteiger partial charge in [-0.05, 0) is 38.3 Å².